The highest BCUT2D eigenvalue weighted by Crippen LogP contribution is 2.21. The Labute approximate surface area is 183 Å². The summed E-state index contributed by atoms with van der Waals surface area (Å²) in [7, 11) is 1.72. The maximum Gasteiger partial charge on any atom is 0.323 e. The van der Waals surface area contributed by atoms with Gasteiger partial charge >= 0.3 is 12.0 Å². The fourth-order valence-electron chi connectivity index (χ4n) is 2.69. The average molecular weight is 450 g/mol. The van der Waals surface area contributed by atoms with Gasteiger partial charge in [-0.2, -0.15) is 4.98 Å². The summed E-state index contributed by atoms with van der Waals surface area (Å²) >= 11 is 11.8. The van der Waals surface area contributed by atoms with Crippen LogP contribution in [0, 0.1) is 0 Å². The lowest BCUT2D eigenvalue weighted by molar-refractivity contribution is 0.247. The van der Waals surface area contributed by atoms with E-state index in [1.165, 1.54) is 0 Å². The lowest BCUT2D eigenvalue weighted by Gasteiger charge is -2.16. The monoisotopic (exact) mass is 449 g/mol. The summed E-state index contributed by atoms with van der Waals surface area (Å²) < 4.78 is 5.28. The number of carbonyl (C=O) groups is 1. The van der Waals surface area contributed by atoms with Gasteiger partial charge in [0.05, 0.1) is 12.6 Å². The van der Waals surface area contributed by atoms with E-state index < -0.39 is 12.1 Å². The molecule has 1 aromatic heterocycles. The van der Waals surface area contributed by atoms with Crippen LogP contribution in [0.15, 0.2) is 53.1 Å². The molecule has 0 bridgehead atoms. The molecule has 0 aliphatic rings. The maximum atomic E-state index is 12.6. The fourth-order valence-corrected chi connectivity index (χ4v) is 2.94. The van der Waals surface area contributed by atoms with Gasteiger partial charge in [0.25, 0.3) is 0 Å². The first kappa shape index (κ1) is 21.9. The summed E-state index contributed by atoms with van der Waals surface area (Å²) in [6, 6.07) is 13.3. The SMILES string of the molecule is CN(CCO)c1nc([C@H](Cc2ccc(Cl)cc2)NC(=O)Nc2ccc(Cl)cc2)no1. The van der Waals surface area contributed by atoms with Crippen molar-refractivity contribution in [2.24, 2.45) is 0 Å². The first-order chi connectivity index (χ1) is 14.4. The van der Waals surface area contributed by atoms with Crippen molar-refractivity contribution >= 4 is 40.9 Å². The van der Waals surface area contributed by atoms with Crippen LogP contribution in [0.3, 0.4) is 0 Å². The van der Waals surface area contributed by atoms with E-state index in [4.69, 9.17) is 32.8 Å². The Hall–Kier alpha value is -2.81. The van der Waals surface area contributed by atoms with Crippen molar-refractivity contribution in [1.29, 1.82) is 0 Å². The number of nitrogens with zero attached hydrogens (tertiary/aromatic N) is 3. The minimum absolute atomic E-state index is 0.0514. The van der Waals surface area contributed by atoms with Crippen molar-refractivity contribution < 1.29 is 14.4 Å². The highest BCUT2D eigenvalue weighted by atomic mass is 35.5. The normalized spacial score (nSPS) is 11.7. The second-order valence-electron chi connectivity index (χ2n) is 6.57. The largest absolute Gasteiger partial charge is 0.395 e. The predicted octanol–water partition coefficient (Wildman–Crippen LogP) is 3.91. The van der Waals surface area contributed by atoms with E-state index in [0.717, 1.165) is 5.56 Å². The molecule has 1 heterocycles. The van der Waals surface area contributed by atoms with E-state index in [-0.39, 0.29) is 12.6 Å². The molecule has 10 heteroatoms. The minimum atomic E-state index is -0.557. The molecule has 2 aromatic carbocycles. The molecule has 0 unspecified atom stereocenters. The van der Waals surface area contributed by atoms with Crippen LogP contribution in [0.4, 0.5) is 16.5 Å². The van der Waals surface area contributed by atoms with Gasteiger partial charge in [-0.25, -0.2) is 4.79 Å². The number of amides is 2. The third kappa shape index (κ3) is 6.09. The Bertz CT molecular complexity index is 963. The number of hydrogen-bond acceptors (Lipinski definition) is 6. The number of rotatable bonds is 8. The third-order valence-electron chi connectivity index (χ3n) is 4.27. The number of aliphatic hydroxyl groups is 1. The highest BCUT2D eigenvalue weighted by Gasteiger charge is 2.22. The third-order valence-corrected chi connectivity index (χ3v) is 4.77. The molecule has 158 valence electrons. The quantitative estimate of drug-likeness (QED) is 0.481. The van der Waals surface area contributed by atoms with Crippen molar-refractivity contribution in [2.75, 3.05) is 30.4 Å². The number of aliphatic hydroxyl groups excluding tert-OH is 1. The number of benzene rings is 2. The molecule has 3 aromatic rings. The molecule has 30 heavy (non-hydrogen) atoms. The van der Waals surface area contributed by atoms with Crippen molar-refractivity contribution in [2.45, 2.75) is 12.5 Å². The molecule has 0 aliphatic carbocycles. The van der Waals surface area contributed by atoms with E-state index in [2.05, 4.69) is 20.8 Å². The van der Waals surface area contributed by atoms with E-state index in [0.29, 0.717) is 34.5 Å². The van der Waals surface area contributed by atoms with Crippen LogP contribution in [0.5, 0.6) is 0 Å². The molecule has 3 N–H and O–H groups in total. The van der Waals surface area contributed by atoms with Crippen molar-refractivity contribution in [3.05, 3.63) is 70.0 Å². The lowest BCUT2D eigenvalue weighted by atomic mass is 10.1. The zero-order chi connectivity index (χ0) is 21.5. The van der Waals surface area contributed by atoms with Crippen LogP contribution in [-0.4, -0.2) is 41.5 Å². The molecule has 3 rings (SSSR count). The van der Waals surface area contributed by atoms with Gasteiger partial charge in [0.1, 0.15) is 0 Å². The zero-order valence-corrected chi connectivity index (χ0v) is 17.7. The summed E-state index contributed by atoms with van der Waals surface area (Å²) in [4.78, 5) is 18.6. The van der Waals surface area contributed by atoms with Gasteiger partial charge in [-0.3, -0.25) is 0 Å². The van der Waals surface area contributed by atoms with Crippen molar-refractivity contribution in [1.82, 2.24) is 15.5 Å². The summed E-state index contributed by atoms with van der Waals surface area (Å²) in [6.45, 7) is 0.290. The number of likely N-dealkylation sites (N-methyl/N-ethyl adjacent to an activating group) is 1. The number of hydrogen-bond donors (Lipinski definition) is 3. The van der Waals surface area contributed by atoms with Crippen molar-refractivity contribution in [3.8, 4) is 0 Å². The number of halogens is 2. The second kappa shape index (κ2) is 10.3. The first-order valence-electron chi connectivity index (χ1n) is 9.17. The molecule has 0 saturated carbocycles. The zero-order valence-electron chi connectivity index (χ0n) is 16.2. The first-order valence-corrected chi connectivity index (χ1v) is 9.93. The summed E-state index contributed by atoms with van der Waals surface area (Å²) in [5, 5.41) is 19.9. The minimum Gasteiger partial charge on any atom is -0.395 e. The maximum absolute atomic E-state index is 12.6. The molecular formula is C20H21Cl2N5O3. The van der Waals surface area contributed by atoms with Gasteiger partial charge in [0.15, 0.2) is 5.82 Å². The standard InChI is InChI=1S/C20H21Cl2N5O3/c1-27(10-11-28)20-25-18(26-30-20)17(12-13-2-4-14(21)5-3-13)24-19(29)23-16-8-6-15(22)7-9-16/h2-9,17,28H,10-12H2,1H3,(H2,23,24,29)/t17-/m0/s1. The number of carbonyl (C=O) groups excluding carboxylic acids is 1. The molecule has 0 aliphatic heterocycles. The Morgan fingerprint density at radius 3 is 2.40 bits per heavy atom. The summed E-state index contributed by atoms with van der Waals surface area (Å²) in [5.41, 5.74) is 1.53. The Morgan fingerprint density at radius 1 is 1.13 bits per heavy atom. The molecule has 1 atom stereocenters. The lowest BCUT2D eigenvalue weighted by Crippen LogP contribution is -2.34. The average Bonchev–Trinajstić information content (AvgIpc) is 3.21. The Kier molecular flexibility index (Phi) is 7.51. The molecule has 8 nitrogen and oxygen atoms in total. The van der Waals surface area contributed by atoms with Gasteiger partial charge in [-0.1, -0.05) is 40.5 Å². The summed E-state index contributed by atoms with van der Waals surface area (Å²) in [5.74, 6) is 0.316. The fraction of sp³-hybridized carbons (Fsp3) is 0.250. The number of aromatic nitrogens is 2. The topological polar surface area (TPSA) is 104 Å². The summed E-state index contributed by atoms with van der Waals surface area (Å²) in [6.07, 6.45) is 0.424. The van der Waals surface area contributed by atoms with Crippen LogP contribution >= 0.6 is 23.2 Å². The van der Waals surface area contributed by atoms with Crippen LogP contribution < -0.4 is 15.5 Å². The molecular weight excluding hydrogens is 429 g/mol. The molecule has 0 radical (unpaired) electrons. The molecule has 2 amide bonds. The second-order valence-corrected chi connectivity index (χ2v) is 7.44. The predicted molar refractivity (Wildman–Crippen MR) is 116 cm³/mol. The Morgan fingerprint density at radius 2 is 1.77 bits per heavy atom. The number of nitrogens with one attached hydrogen (secondary N) is 2. The van der Waals surface area contributed by atoms with Crippen LogP contribution in [0.1, 0.15) is 17.4 Å². The van der Waals surface area contributed by atoms with Gasteiger partial charge in [-0.05, 0) is 42.0 Å². The van der Waals surface area contributed by atoms with Crippen LogP contribution in [0.2, 0.25) is 10.0 Å². The van der Waals surface area contributed by atoms with Gasteiger partial charge in [0, 0.05) is 35.7 Å². The Balaban J connectivity index is 1.77. The van der Waals surface area contributed by atoms with Gasteiger partial charge in [-0.15, -0.1) is 0 Å². The van der Waals surface area contributed by atoms with Gasteiger partial charge in [0.2, 0.25) is 0 Å². The van der Waals surface area contributed by atoms with E-state index in [9.17, 15) is 4.79 Å². The van der Waals surface area contributed by atoms with Crippen LogP contribution in [-0.2, 0) is 6.42 Å². The van der Waals surface area contributed by atoms with Gasteiger partial charge < -0.3 is 25.2 Å². The highest BCUT2D eigenvalue weighted by molar-refractivity contribution is 6.30. The smallest absolute Gasteiger partial charge is 0.323 e. The number of anilines is 2. The molecule has 0 fully saturated rings. The molecule has 0 saturated heterocycles. The van der Waals surface area contributed by atoms with E-state index in [1.807, 2.05) is 12.1 Å². The van der Waals surface area contributed by atoms with E-state index in [1.54, 1.807) is 48.3 Å². The number of urea groups is 1. The van der Waals surface area contributed by atoms with Crippen LogP contribution in [0.25, 0.3) is 0 Å². The van der Waals surface area contributed by atoms with E-state index >= 15 is 0 Å². The van der Waals surface area contributed by atoms with Crippen molar-refractivity contribution in [3.63, 3.8) is 0 Å². The molecule has 0 spiro atoms.